The van der Waals surface area contributed by atoms with Gasteiger partial charge in [0.25, 0.3) is 11.8 Å². The maximum atomic E-state index is 11.7. The number of esters is 1. The standard InChI is InChI=1S/C13H14N4O5S/c1-3-21-8(18)4-7-11(20)15-13(23-7)17-16-12-9(10(14)19)6(2)5-22-12/h4H,3,5H2,1-2H3,(H2,14,19)(H,15,17,20). The van der Waals surface area contributed by atoms with E-state index < -0.39 is 17.8 Å². The van der Waals surface area contributed by atoms with Crippen LogP contribution in [0, 0.1) is 0 Å². The molecule has 1 saturated heterocycles. The summed E-state index contributed by atoms with van der Waals surface area (Å²) in [6, 6.07) is 0. The van der Waals surface area contributed by atoms with E-state index in [1.165, 1.54) is 0 Å². The van der Waals surface area contributed by atoms with Crippen molar-refractivity contribution in [2.45, 2.75) is 13.8 Å². The van der Waals surface area contributed by atoms with E-state index in [-0.39, 0.29) is 34.8 Å². The van der Waals surface area contributed by atoms with Gasteiger partial charge in [0.2, 0.25) is 5.90 Å². The van der Waals surface area contributed by atoms with Gasteiger partial charge in [0.05, 0.1) is 11.5 Å². The third-order valence-electron chi connectivity index (χ3n) is 2.73. The predicted molar refractivity (Wildman–Crippen MR) is 83.2 cm³/mol. The van der Waals surface area contributed by atoms with Crippen molar-refractivity contribution in [1.29, 1.82) is 0 Å². The Morgan fingerprint density at radius 2 is 2.22 bits per heavy atom. The molecule has 1 fully saturated rings. The van der Waals surface area contributed by atoms with E-state index >= 15 is 0 Å². The van der Waals surface area contributed by atoms with Crippen LogP contribution in [0.5, 0.6) is 0 Å². The van der Waals surface area contributed by atoms with Gasteiger partial charge in [0.1, 0.15) is 12.2 Å². The Morgan fingerprint density at radius 1 is 1.48 bits per heavy atom. The average Bonchev–Trinajstić information content (AvgIpc) is 3.00. The van der Waals surface area contributed by atoms with E-state index in [0.717, 1.165) is 17.8 Å². The fourth-order valence-corrected chi connectivity index (χ4v) is 2.49. The number of nitrogens with zero attached hydrogens (tertiary/aromatic N) is 2. The molecule has 2 amide bonds. The fourth-order valence-electron chi connectivity index (χ4n) is 1.76. The van der Waals surface area contributed by atoms with Gasteiger partial charge in [-0.15, -0.1) is 10.2 Å². The van der Waals surface area contributed by atoms with Crippen LogP contribution in [-0.2, 0) is 23.9 Å². The summed E-state index contributed by atoms with van der Waals surface area (Å²) in [5.74, 6) is -1.77. The van der Waals surface area contributed by atoms with Crippen LogP contribution in [0.1, 0.15) is 13.8 Å². The van der Waals surface area contributed by atoms with E-state index in [1.54, 1.807) is 13.8 Å². The van der Waals surface area contributed by atoms with E-state index in [9.17, 15) is 14.4 Å². The van der Waals surface area contributed by atoms with Gasteiger partial charge in [-0.25, -0.2) is 4.79 Å². The van der Waals surface area contributed by atoms with Crippen molar-refractivity contribution >= 4 is 40.6 Å². The zero-order valence-electron chi connectivity index (χ0n) is 12.4. The van der Waals surface area contributed by atoms with Crippen molar-refractivity contribution in [2.24, 2.45) is 15.9 Å². The molecule has 2 aliphatic heterocycles. The van der Waals surface area contributed by atoms with Crippen LogP contribution in [-0.4, -0.2) is 42.1 Å². The summed E-state index contributed by atoms with van der Waals surface area (Å²) < 4.78 is 9.93. The molecule has 2 rings (SSSR count). The summed E-state index contributed by atoms with van der Waals surface area (Å²) in [6.07, 6.45) is 1.07. The Kier molecular flexibility index (Phi) is 5.16. The number of amidine groups is 1. The van der Waals surface area contributed by atoms with Crippen molar-refractivity contribution in [1.82, 2.24) is 5.32 Å². The Morgan fingerprint density at radius 3 is 2.87 bits per heavy atom. The summed E-state index contributed by atoms with van der Waals surface area (Å²) in [6.45, 7) is 3.77. The molecule has 9 nitrogen and oxygen atoms in total. The topological polar surface area (TPSA) is 132 Å². The van der Waals surface area contributed by atoms with Gasteiger partial charge < -0.3 is 15.2 Å². The third-order valence-corrected chi connectivity index (χ3v) is 3.63. The minimum atomic E-state index is -0.662. The summed E-state index contributed by atoms with van der Waals surface area (Å²) in [5.41, 5.74) is 6.08. The van der Waals surface area contributed by atoms with Gasteiger partial charge >= 0.3 is 5.97 Å². The molecule has 0 atom stereocenters. The number of nitrogens with one attached hydrogen (secondary N) is 1. The lowest BCUT2D eigenvalue weighted by molar-refractivity contribution is -0.137. The molecule has 0 bridgehead atoms. The number of ether oxygens (including phenoxy) is 2. The highest BCUT2D eigenvalue weighted by atomic mass is 32.2. The lowest BCUT2D eigenvalue weighted by Crippen LogP contribution is -2.21. The number of rotatable bonds is 4. The fraction of sp³-hybridized carbons (Fsp3) is 0.308. The molecular weight excluding hydrogens is 324 g/mol. The van der Waals surface area contributed by atoms with Crippen LogP contribution in [0.4, 0.5) is 0 Å². The highest BCUT2D eigenvalue weighted by Crippen LogP contribution is 2.24. The van der Waals surface area contributed by atoms with Crippen LogP contribution in [0.3, 0.4) is 0 Å². The molecule has 23 heavy (non-hydrogen) atoms. The third kappa shape index (κ3) is 3.97. The molecule has 0 aromatic rings. The number of hydrogen-bond acceptors (Lipinski definition) is 8. The van der Waals surface area contributed by atoms with Crippen LogP contribution in [0.15, 0.2) is 32.3 Å². The van der Waals surface area contributed by atoms with Gasteiger partial charge in [-0.1, -0.05) is 0 Å². The van der Waals surface area contributed by atoms with Crippen molar-refractivity contribution in [3.8, 4) is 0 Å². The number of carbonyl (C=O) groups excluding carboxylic acids is 3. The zero-order chi connectivity index (χ0) is 17.0. The molecule has 3 N–H and O–H groups in total. The Bertz CT molecular complexity index is 692. The molecule has 0 aromatic heterocycles. The first-order chi connectivity index (χ1) is 10.9. The Balaban J connectivity index is 2.14. The molecular formula is C13H14N4O5S. The highest BCUT2D eigenvalue weighted by Gasteiger charge is 2.27. The maximum Gasteiger partial charge on any atom is 0.332 e. The number of nitrogens with two attached hydrogens (primary N) is 1. The first-order valence-corrected chi connectivity index (χ1v) is 7.40. The zero-order valence-corrected chi connectivity index (χ0v) is 13.2. The average molecular weight is 338 g/mol. The molecule has 10 heteroatoms. The van der Waals surface area contributed by atoms with E-state index in [1.807, 2.05) is 0 Å². The van der Waals surface area contributed by atoms with Crippen molar-refractivity contribution in [2.75, 3.05) is 13.2 Å². The van der Waals surface area contributed by atoms with Crippen LogP contribution in [0.2, 0.25) is 0 Å². The predicted octanol–water partition coefficient (Wildman–Crippen LogP) is -0.202. The SMILES string of the molecule is CCOC(=O)C=C1SC(=NN=C2OCC(C)=C2C(N)=O)NC1=O. The van der Waals surface area contributed by atoms with Crippen molar-refractivity contribution < 1.29 is 23.9 Å². The van der Waals surface area contributed by atoms with Gasteiger partial charge in [-0.3, -0.25) is 14.9 Å². The summed E-state index contributed by atoms with van der Waals surface area (Å²) >= 11 is 0.921. The Hall–Kier alpha value is -2.62. The first-order valence-electron chi connectivity index (χ1n) is 6.58. The first kappa shape index (κ1) is 16.7. The normalized spacial score (nSPS) is 22.7. The summed E-state index contributed by atoms with van der Waals surface area (Å²) in [4.78, 5) is 34.5. The number of amides is 2. The van der Waals surface area contributed by atoms with Gasteiger partial charge in [0.15, 0.2) is 5.17 Å². The Labute approximate surface area is 135 Å². The van der Waals surface area contributed by atoms with E-state index in [0.29, 0.717) is 5.57 Å². The van der Waals surface area contributed by atoms with Gasteiger partial charge in [-0.2, -0.15) is 0 Å². The molecule has 0 unspecified atom stereocenters. The van der Waals surface area contributed by atoms with Crippen LogP contribution in [0.25, 0.3) is 0 Å². The quantitative estimate of drug-likeness (QED) is 0.414. The second-order valence-corrected chi connectivity index (χ2v) is 5.47. The summed E-state index contributed by atoms with van der Waals surface area (Å²) in [7, 11) is 0. The van der Waals surface area contributed by atoms with Crippen LogP contribution < -0.4 is 11.1 Å². The second kappa shape index (κ2) is 7.09. The molecule has 0 radical (unpaired) electrons. The monoisotopic (exact) mass is 338 g/mol. The number of primary amides is 1. The van der Waals surface area contributed by atoms with E-state index in [4.69, 9.17) is 15.2 Å². The largest absolute Gasteiger partial charge is 0.471 e. The van der Waals surface area contributed by atoms with Gasteiger partial charge in [-0.05, 0) is 31.2 Å². The molecule has 0 spiro atoms. The molecule has 0 aliphatic carbocycles. The van der Waals surface area contributed by atoms with Gasteiger partial charge in [0, 0.05) is 6.08 Å². The van der Waals surface area contributed by atoms with E-state index in [2.05, 4.69) is 15.5 Å². The summed E-state index contributed by atoms with van der Waals surface area (Å²) in [5, 5.41) is 10.2. The van der Waals surface area contributed by atoms with Crippen LogP contribution >= 0.6 is 11.8 Å². The smallest absolute Gasteiger partial charge is 0.332 e. The lowest BCUT2D eigenvalue weighted by atomic mass is 10.1. The van der Waals surface area contributed by atoms with Crippen molar-refractivity contribution in [3.05, 3.63) is 22.1 Å². The molecule has 2 heterocycles. The molecule has 0 aromatic carbocycles. The highest BCUT2D eigenvalue weighted by molar-refractivity contribution is 8.18. The molecule has 0 saturated carbocycles. The number of thioether (sulfide) groups is 1. The molecule has 2 aliphatic rings. The minimum Gasteiger partial charge on any atom is -0.471 e. The minimum absolute atomic E-state index is 0.000159. The lowest BCUT2D eigenvalue weighted by Gasteiger charge is -1.98. The van der Waals surface area contributed by atoms with Crippen molar-refractivity contribution in [3.63, 3.8) is 0 Å². The molecule has 122 valence electrons. The number of carbonyl (C=O) groups is 3. The maximum absolute atomic E-state index is 11.7. The second-order valence-electron chi connectivity index (χ2n) is 4.44. The number of hydrogen-bond donors (Lipinski definition) is 2.